The van der Waals surface area contributed by atoms with Crippen LogP contribution in [0.25, 0.3) is 70.6 Å². The number of halogens is 3. The first-order valence-electron chi connectivity index (χ1n) is 33.0. The zero-order valence-electron chi connectivity index (χ0n) is 58.5. The number of aromatic nitrogens is 9. The van der Waals surface area contributed by atoms with Crippen LogP contribution in [0.1, 0.15) is 118 Å². The number of aliphatic hydroxyl groups is 3. The molecule has 0 aliphatic carbocycles. The number of Topliss-reactive ketones (excluding diaryl/α,β-unsaturated/α-hetero) is 2. The minimum absolute atomic E-state index is 0. The summed E-state index contributed by atoms with van der Waals surface area (Å²) in [7, 11) is 9.71. The molecule has 12 aromatic rings. The number of allylic oxidation sites excluding steroid dienone is 1. The monoisotopic (exact) mass is 1690 g/mol. The molecule has 0 radical (unpaired) electrons. The summed E-state index contributed by atoms with van der Waals surface area (Å²) in [6.07, 6.45) is 11.2. The second-order valence-electron chi connectivity index (χ2n) is 25.3. The minimum Gasteiger partial charge on any atom is -0.286 e. The molecule has 0 spiro atoms. The van der Waals surface area contributed by atoms with E-state index >= 15 is 0 Å². The summed E-state index contributed by atoms with van der Waals surface area (Å²) >= 11 is -6.29. The van der Waals surface area contributed by atoms with Crippen LogP contribution in [0.15, 0.2) is 186 Å². The third-order valence-corrected chi connectivity index (χ3v) is 18.4. The zero-order valence-corrected chi connectivity index (χ0v) is 65.9. The fourth-order valence-corrected chi connectivity index (χ4v) is 13.3. The standard InChI is InChI=1S/C26H25N3O3.2C25H23N3O4.CH3.2ClH.IO4.Na.Ru/c1-16(2)22-8-7-17(13-27-22)11-18-12-21-25(20-6-4-3-5-19(18)20)28-15-29(26(21)31)23-9-10-32-14-24(23)30;2*1-15(29)21-7-6-16(12-26-21)10-17-11-20-24(19-5-3-2-4-18(17)19)27-14-28(25(20)31)22-8-9-32-13-23(22)30;;;;2-1(3,4)5;;/h3-8,12-13,15,23-24,30H,1,9-11,14H2,2H3;2*2-7,11-12,14,22-23,30H,8-10,13H2,1H3;1H3;2*1H;;;/q;;;-1;;;-1;+1;+2/p-2/t23-,24-;2*22-,23-;;;;;;/m000....../s1. The summed E-state index contributed by atoms with van der Waals surface area (Å²) in [4.78, 5) is 90.4. The third kappa shape index (κ3) is 19.7. The topological polar surface area (TPSA) is 358 Å². The molecule has 3 saturated heterocycles. The average molecular weight is 1690 g/mol. The van der Waals surface area contributed by atoms with Gasteiger partial charge in [0.2, 0.25) is 0 Å². The Balaban J connectivity index is 0.000000173. The summed E-state index contributed by atoms with van der Waals surface area (Å²) in [5, 5.41) is 38.6. The summed E-state index contributed by atoms with van der Waals surface area (Å²) in [6, 6.07) is 39.8. The van der Waals surface area contributed by atoms with Gasteiger partial charge < -0.3 is 37.0 Å². The molecule has 3 aliphatic heterocycles. The number of rotatable bonds is 12. The number of pyridine rings is 3. The Kier molecular flexibility index (Phi) is 29.3. The van der Waals surface area contributed by atoms with E-state index in [0.29, 0.717) is 102 Å². The number of ether oxygens (including phenoxy) is 3. The molecular weight excluding hydrogens is 1610 g/mol. The molecule has 6 atom stereocenters. The Hall–Kier alpha value is -7.42. The average Bonchev–Trinajstić information content (AvgIpc) is 0.764. The van der Waals surface area contributed by atoms with Crippen LogP contribution in [0.3, 0.4) is 0 Å². The van der Waals surface area contributed by atoms with E-state index in [1.165, 1.54) is 23.0 Å². The van der Waals surface area contributed by atoms with Crippen molar-refractivity contribution in [2.75, 3.05) is 39.6 Å². The quantitative estimate of drug-likeness (QED) is 0.0507. The fourth-order valence-electron chi connectivity index (χ4n) is 13.3. The van der Waals surface area contributed by atoms with Crippen LogP contribution < -0.4 is 80.1 Å². The van der Waals surface area contributed by atoms with E-state index < -0.39 is 38.4 Å². The van der Waals surface area contributed by atoms with Crippen LogP contribution in [0.5, 0.6) is 0 Å². The Labute approximate surface area is 653 Å². The number of carbonyl (C=O) groups is 2. The van der Waals surface area contributed by atoms with E-state index in [2.05, 4.69) is 48.6 Å². The van der Waals surface area contributed by atoms with Gasteiger partial charge in [0.15, 0.2) is 11.6 Å². The Bertz CT molecular complexity index is 4810. The van der Waals surface area contributed by atoms with Gasteiger partial charge in [0.1, 0.15) is 31.5 Å². The van der Waals surface area contributed by atoms with Crippen molar-refractivity contribution in [1.82, 2.24) is 43.6 Å². The molecule has 0 saturated carbocycles. The molecule has 3 aliphatic rings. The van der Waals surface area contributed by atoms with Crippen molar-refractivity contribution >= 4 is 102 Å². The van der Waals surface area contributed by atoms with E-state index in [4.69, 9.17) is 47.3 Å². The van der Waals surface area contributed by atoms with Crippen molar-refractivity contribution in [3.05, 3.63) is 260 Å². The Morgan fingerprint density at radius 1 is 0.472 bits per heavy atom. The van der Waals surface area contributed by atoms with Crippen LogP contribution >= 0.6 is 19.4 Å². The van der Waals surface area contributed by atoms with Gasteiger partial charge in [-0.2, -0.15) is 0 Å². The Morgan fingerprint density at radius 3 is 0.972 bits per heavy atom. The van der Waals surface area contributed by atoms with E-state index in [1.807, 2.05) is 116 Å². The fraction of sp³-hybridized carbons (Fsp3) is 0.273. The first kappa shape index (κ1) is 82.6. The van der Waals surface area contributed by atoms with Gasteiger partial charge >= 0.3 is 64.1 Å². The molecule has 0 unspecified atom stereocenters. The minimum atomic E-state index is -5.94. The van der Waals surface area contributed by atoms with Crippen LogP contribution in [0.2, 0.25) is 0 Å². The first-order chi connectivity index (χ1) is 50.0. The van der Waals surface area contributed by atoms with Gasteiger partial charge in [-0.25, -0.2) is 15.0 Å². The molecule has 29 heteroatoms. The molecule has 0 amide bonds. The maximum Gasteiger partial charge on any atom is 1.00 e. The molecule has 548 valence electrons. The molecule has 0 bridgehead atoms. The molecule has 3 N–H and O–H groups in total. The second-order valence-corrected chi connectivity index (χ2v) is 30.1. The number of fused-ring (bicyclic) bond motifs is 9. The van der Waals surface area contributed by atoms with Crippen LogP contribution in [-0.4, -0.2) is 128 Å². The number of ketones is 2. The van der Waals surface area contributed by atoms with Crippen LogP contribution in [0.4, 0.5) is 0 Å². The number of carbonyl (C=O) groups excluding carboxylic acids is 2. The number of nitrogens with zero attached hydrogens (tertiary/aromatic N) is 9. The van der Waals surface area contributed by atoms with Gasteiger partial charge in [0.25, 0.3) is 16.7 Å². The van der Waals surface area contributed by atoms with Gasteiger partial charge in [-0.15, -0.1) is 0 Å². The summed E-state index contributed by atoms with van der Waals surface area (Å²) < 4.78 is 55.1. The maximum absolute atomic E-state index is 13.5. The summed E-state index contributed by atoms with van der Waals surface area (Å²) in [5.74, 6) is -0.149. The van der Waals surface area contributed by atoms with Crippen molar-refractivity contribution in [3.63, 3.8) is 0 Å². The molecule has 106 heavy (non-hydrogen) atoms. The van der Waals surface area contributed by atoms with Crippen LogP contribution in [0, 0.1) is 7.43 Å². The number of hydrogen-bond acceptors (Lipinski definition) is 21. The van der Waals surface area contributed by atoms with Crippen molar-refractivity contribution in [1.29, 1.82) is 0 Å². The van der Waals surface area contributed by atoms with Crippen molar-refractivity contribution in [2.24, 2.45) is 0 Å². The van der Waals surface area contributed by atoms with E-state index in [-0.39, 0.29) is 118 Å². The number of benzene rings is 6. The second kappa shape index (κ2) is 37.6. The normalized spacial score (nSPS) is 17.8. The van der Waals surface area contributed by atoms with Gasteiger partial charge in [0, 0.05) is 68.4 Å². The van der Waals surface area contributed by atoms with Crippen LogP contribution in [-0.2, 0) is 48.6 Å². The smallest absolute Gasteiger partial charge is 0.286 e. The zero-order chi connectivity index (χ0) is 73.9. The molecule has 6 aromatic heterocycles. The van der Waals surface area contributed by atoms with Gasteiger partial charge in [0.05, 0.1) is 114 Å². The molecule has 15 rings (SSSR count). The van der Waals surface area contributed by atoms with Crippen molar-refractivity contribution in [2.45, 2.75) is 95.7 Å². The predicted octanol–water partition coefficient (Wildman–Crippen LogP) is 1.09. The summed E-state index contributed by atoms with van der Waals surface area (Å²) in [6.45, 7) is 11.0. The van der Waals surface area contributed by atoms with E-state index in [0.717, 1.165) is 77.0 Å². The number of aliphatic hydroxyl groups excluding tert-OH is 3. The third-order valence-electron chi connectivity index (χ3n) is 18.4. The van der Waals surface area contributed by atoms with Gasteiger partial charge in [-0.3, -0.25) is 66.4 Å². The molecular formula is C77H74Cl2IN9NaO15Ru-. The molecule has 6 aromatic carbocycles. The van der Waals surface area contributed by atoms with E-state index in [1.54, 1.807) is 48.1 Å². The SMILES string of the molecule is C=C(C)c1ccc(Cc2cc3c(=O)n([C@H]4CCOC[C@@H]4O)cnc3c3ccccc23)cn1.CC(=O)c1ccc(Cc2cc3c(=O)n([C@H]4CCOC[C@@H]4O)cnc3c3ccccc23)cn1.CC(=O)c1ccc(Cc2cc3c(=O)n([C@H]4CCOC[C@@H]4O)cnc3c3ccccc23)cn1.[CH3-].[Cl][Ru][Cl].[Na+].[O-][I+3]([O-])([O-])[O-]. The Morgan fingerprint density at radius 2 is 0.736 bits per heavy atom. The van der Waals surface area contributed by atoms with Crippen molar-refractivity contribution in [3.8, 4) is 0 Å². The molecule has 9 heterocycles. The van der Waals surface area contributed by atoms with Gasteiger partial charge in [-0.05, 0) is 137 Å². The number of hydrogen-bond donors (Lipinski definition) is 3. The predicted molar refractivity (Wildman–Crippen MR) is 386 cm³/mol. The molecule has 24 nitrogen and oxygen atoms in total. The largest absolute Gasteiger partial charge is 1.00 e. The van der Waals surface area contributed by atoms with E-state index in [9.17, 15) is 39.3 Å². The van der Waals surface area contributed by atoms with Gasteiger partial charge in [-0.1, -0.05) is 97.6 Å². The summed E-state index contributed by atoms with van der Waals surface area (Å²) in [5.41, 5.74) is 10.1. The first-order valence-corrected chi connectivity index (χ1v) is 41.0. The maximum atomic E-state index is 13.5. The molecule has 3 fully saturated rings. The van der Waals surface area contributed by atoms with Crippen molar-refractivity contribution < 1.29 is 118 Å².